The lowest BCUT2D eigenvalue weighted by Crippen LogP contribution is -2.31. The SMILES string of the molecule is CCCc1ncc2c(n1)CCN(Cc1cccc(OC)c1F)C2. The highest BCUT2D eigenvalue weighted by Gasteiger charge is 2.20. The third-order valence-electron chi connectivity index (χ3n) is 4.19. The van der Waals surface area contributed by atoms with Gasteiger partial charge in [-0.2, -0.15) is 0 Å². The maximum atomic E-state index is 14.3. The van der Waals surface area contributed by atoms with Gasteiger partial charge in [-0.25, -0.2) is 14.4 Å². The Kier molecular flexibility index (Phi) is 4.86. The van der Waals surface area contributed by atoms with Gasteiger partial charge in [-0.15, -0.1) is 0 Å². The summed E-state index contributed by atoms with van der Waals surface area (Å²) in [7, 11) is 1.49. The standard InChI is InChI=1S/C18H22FN3O/c1-3-5-17-20-10-14-12-22(9-8-15(14)21-17)11-13-6-4-7-16(23-2)18(13)19/h4,6-7,10H,3,5,8-9,11-12H2,1-2H3. The van der Waals surface area contributed by atoms with Gasteiger partial charge in [0.1, 0.15) is 5.82 Å². The van der Waals surface area contributed by atoms with Crippen LogP contribution in [0, 0.1) is 5.82 Å². The minimum atomic E-state index is -0.268. The molecule has 0 saturated heterocycles. The van der Waals surface area contributed by atoms with Crippen molar-refractivity contribution in [2.24, 2.45) is 0 Å². The van der Waals surface area contributed by atoms with E-state index in [1.807, 2.05) is 18.3 Å². The van der Waals surface area contributed by atoms with Gasteiger partial charge in [0, 0.05) is 55.5 Å². The Balaban J connectivity index is 1.73. The van der Waals surface area contributed by atoms with Gasteiger partial charge < -0.3 is 4.74 Å². The zero-order valence-electron chi connectivity index (χ0n) is 13.7. The first-order valence-electron chi connectivity index (χ1n) is 8.08. The summed E-state index contributed by atoms with van der Waals surface area (Å²) in [6.45, 7) is 4.34. The molecule has 0 amide bonds. The van der Waals surface area contributed by atoms with Crippen LogP contribution in [0.1, 0.15) is 36.0 Å². The maximum absolute atomic E-state index is 14.3. The van der Waals surface area contributed by atoms with E-state index in [4.69, 9.17) is 4.74 Å². The molecule has 3 rings (SSSR count). The Bertz CT molecular complexity index is 690. The lowest BCUT2D eigenvalue weighted by Gasteiger charge is -2.28. The monoisotopic (exact) mass is 315 g/mol. The Morgan fingerprint density at radius 2 is 2.22 bits per heavy atom. The van der Waals surface area contributed by atoms with Crippen LogP contribution in [0.5, 0.6) is 5.75 Å². The van der Waals surface area contributed by atoms with Crippen LogP contribution in [-0.2, 0) is 25.9 Å². The quantitative estimate of drug-likeness (QED) is 0.849. The average Bonchev–Trinajstić information content (AvgIpc) is 2.57. The van der Waals surface area contributed by atoms with Crippen molar-refractivity contribution in [1.29, 1.82) is 0 Å². The third-order valence-corrected chi connectivity index (χ3v) is 4.19. The van der Waals surface area contributed by atoms with Crippen LogP contribution in [0.3, 0.4) is 0 Å². The van der Waals surface area contributed by atoms with Gasteiger partial charge in [0.2, 0.25) is 0 Å². The van der Waals surface area contributed by atoms with Crippen molar-refractivity contribution >= 4 is 0 Å². The zero-order valence-corrected chi connectivity index (χ0v) is 13.7. The number of aryl methyl sites for hydroxylation is 1. The number of rotatable bonds is 5. The van der Waals surface area contributed by atoms with E-state index in [0.29, 0.717) is 17.9 Å². The second-order valence-electron chi connectivity index (χ2n) is 5.90. The highest BCUT2D eigenvalue weighted by atomic mass is 19.1. The molecule has 0 N–H and O–H groups in total. The van der Waals surface area contributed by atoms with Gasteiger partial charge in [-0.05, 0) is 12.5 Å². The van der Waals surface area contributed by atoms with E-state index in [-0.39, 0.29) is 5.82 Å². The minimum absolute atomic E-state index is 0.268. The molecule has 0 atom stereocenters. The van der Waals surface area contributed by atoms with Crippen LogP contribution in [0.4, 0.5) is 4.39 Å². The molecular formula is C18H22FN3O. The van der Waals surface area contributed by atoms with Crippen LogP contribution in [0.25, 0.3) is 0 Å². The summed E-state index contributed by atoms with van der Waals surface area (Å²) >= 11 is 0. The number of aromatic nitrogens is 2. The summed E-state index contributed by atoms with van der Waals surface area (Å²) in [5.74, 6) is 0.960. The molecule has 4 nitrogen and oxygen atoms in total. The van der Waals surface area contributed by atoms with E-state index in [1.165, 1.54) is 7.11 Å². The minimum Gasteiger partial charge on any atom is -0.494 e. The molecule has 1 aliphatic heterocycles. The molecular weight excluding hydrogens is 293 g/mol. The molecule has 23 heavy (non-hydrogen) atoms. The first kappa shape index (κ1) is 15.9. The largest absolute Gasteiger partial charge is 0.494 e. The van der Waals surface area contributed by atoms with Crippen LogP contribution in [0.15, 0.2) is 24.4 Å². The van der Waals surface area contributed by atoms with Crippen molar-refractivity contribution < 1.29 is 9.13 Å². The fraction of sp³-hybridized carbons (Fsp3) is 0.444. The summed E-state index contributed by atoms with van der Waals surface area (Å²) in [6, 6.07) is 5.29. The second kappa shape index (κ2) is 7.04. The molecule has 122 valence electrons. The summed E-state index contributed by atoms with van der Waals surface area (Å²) in [5, 5.41) is 0. The predicted octanol–water partition coefficient (Wildman–Crippen LogP) is 3.14. The number of halogens is 1. The first-order valence-corrected chi connectivity index (χ1v) is 8.08. The first-order chi connectivity index (χ1) is 11.2. The van der Waals surface area contributed by atoms with Crippen LogP contribution in [0.2, 0.25) is 0 Å². The number of benzene rings is 1. The van der Waals surface area contributed by atoms with Gasteiger partial charge in [-0.1, -0.05) is 19.1 Å². The molecule has 1 aromatic carbocycles. The molecule has 2 heterocycles. The third kappa shape index (κ3) is 3.50. The molecule has 0 radical (unpaired) electrons. The Morgan fingerprint density at radius 3 is 3.00 bits per heavy atom. The van der Waals surface area contributed by atoms with Crippen molar-refractivity contribution in [2.75, 3.05) is 13.7 Å². The van der Waals surface area contributed by atoms with Crippen LogP contribution >= 0.6 is 0 Å². The molecule has 0 bridgehead atoms. The fourth-order valence-electron chi connectivity index (χ4n) is 2.97. The van der Waals surface area contributed by atoms with E-state index in [9.17, 15) is 4.39 Å². The number of ether oxygens (including phenoxy) is 1. The normalized spacial score (nSPS) is 14.6. The Morgan fingerprint density at radius 1 is 1.35 bits per heavy atom. The topological polar surface area (TPSA) is 38.2 Å². The molecule has 0 saturated carbocycles. The fourth-order valence-corrected chi connectivity index (χ4v) is 2.97. The predicted molar refractivity (Wildman–Crippen MR) is 86.8 cm³/mol. The van der Waals surface area contributed by atoms with Crippen molar-refractivity contribution in [3.8, 4) is 5.75 Å². The van der Waals surface area contributed by atoms with E-state index in [2.05, 4.69) is 21.8 Å². The number of hydrogen-bond donors (Lipinski definition) is 0. The molecule has 5 heteroatoms. The van der Waals surface area contributed by atoms with Crippen molar-refractivity contribution in [3.05, 3.63) is 52.9 Å². The summed E-state index contributed by atoms with van der Waals surface area (Å²) in [5.41, 5.74) is 2.96. The molecule has 2 aromatic rings. The molecule has 1 aromatic heterocycles. The number of hydrogen-bond acceptors (Lipinski definition) is 4. The highest BCUT2D eigenvalue weighted by Crippen LogP contribution is 2.24. The maximum Gasteiger partial charge on any atom is 0.169 e. The molecule has 1 aliphatic rings. The molecule has 0 unspecified atom stereocenters. The van der Waals surface area contributed by atoms with E-state index in [1.54, 1.807) is 6.07 Å². The van der Waals surface area contributed by atoms with Crippen molar-refractivity contribution in [3.63, 3.8) is 0 Å². The Labute approximate surface area is 136 Å². The smallest absolute Gasteiger partial charge is 0.169 e. The van der Waals surface area contributed by atoms with Gasteiger partial charge in [0.05, 0.1) is 7.11 Å². The van der Waals surface area contributed by atoms with Crippen LogP contribution < -0.4 is 4.74 Å². The second-order valence-corrected chi connectivity index (χ2v) is 5.90. The Hall–Kier alpha value is -2.01. The average molecular weight is 315 g/mol. The van der Waals surface area contributed by atoms with E-state index in [0.717, 1.165) is 49.4 Å². The van der Waals surface area contributed by atoms with E-state index >= 15 is 0 Å². The summed E-state index contributed by atoms with van der Waals surface area (Å²) in [6.07, 6.45) is 4.80. The number of fused-ring (bicyclic) bond motifs is 1. The van der Waals surface area contributed by atoms with E-state index < -0.39 is 0 Å². The van der Waals surface area contributed by atoms with Gasteiger partial charge >= 0.3 is 0 Å². The van der Waals surface area contributed by atoms with Gasteiger partial charge in [0.25, 0.3) is 0 Å². The summed E-state index contributed by atoms with van der Waals surface area (Å²) in [4.78, 5) is 11.3. The number of nitrogens with zero attached hydrogens (tertiary/aromatic N) is 3. The van der Waals surface area contributed by atoms with Crippen molar-refractivity contribution in [1.82, 2.24) is 14.9 Å². The zero-order chi connectivity index (χ0) is 16.2. The lowest BCUT2D eigenvalue weighted by atomic mass is 10.1. The number of methoxy groups -OCH3 is 1. The summed E-state index contributed by atoms with van der Waals surface area (Å²) < 4.78 is 19.3. The molecule has 0 spiro atoms. The van der Waals surface area contributed by atoms with Crippen LogP contribution in [-0.4, -0.2) is 28.5 Å². The molecule has 0 aliphatic carbocycles. The van der Waals surface area contributed by atoms with Crippen molar-refractivity contribution in [2.45, 2.75) is 39.3 Å². The van der Waals surface area contributed by atoms with Gasteiger partial charge in [0.15, 0.2) is 11.6 Å². The highest BCUT2D eigenvalue weighted by molar-refractivity contribution is 5.31. The van der Waals surface area contributed by atoms with Gasteiger partial charge in [-0.3, -0.25) is 4.90 Å². The lowest BCUT2D eigenvalue weighted by molar-refractivity contribution is 0.238. The molecule has 0 fully saturated rings.